The van der Waals surface area contributed by atoms with Crippen LogP contribution in [0.4, 0.5) is 8.78 Å². The van der Waals surface area contributed by atoms with Crippen molar-refractivity contribution in [1.29, 1.82) is 0 Å². The Kier molecular flexibility index (Phi) is 3.70. The first kappa shape index (κ1) is 13.5. The Balaban J connectivity index is 1.87. The summed E-state index contributed by atoms with van der Waals surface area (Å²) in [7, 11) is 0. The van der Waals surface area contributed by atoms with E-state index >= 15 is 0 Å². The highest BCUT2D eigenvalue weighted by Crippen LogP contribution is 2.35. The normalized spacial score (nSPS) is 17.1. The van der Waals surface area contributed by atoms with Crippen LogP contribution in [-0.4, -0.2) is 23.9 Å². The van der Waals surface area contributed by atoms with Crippen LogP contribution in [0.25, 0.3) is 10.8 Å². The van der Waals surface area contributed by atoms with Gasteiger partial charge in [0, 0.05) is 12.1 Å². The van der Waals surface area contributed by atoms with Crippen LogP contribution < -0.4 is 0 Å². The maximum atomic E-state index is 12.8. The number of fused-ring (bicyclic) bond motifs is 1. The summed E-state index contributed by atoms with van der Waals surface area (Å²) in [5.41, 5.74) is 1.12. The molecule has 1 atom stereocenters. The molecule has 1 aliphatic carbocycles. The lowest BCUT2D eigenvalue weighted by Gasteiger charge is -2.29. The van der Waals surface area contributed by atoms with E-state index in [9.17, 15) is 8.78 Å². The number of hydrogen-bond donors (Lipinski definition) is 0. The molecular formula is C17H19F2N. The molecule has 1 fully saturated rings. The molecule has 0 amide bonds. The van der Waals surface area contributed by atoms with Gasteiger partial charge in [-0.1, -0.05) is 36.4 Å². The van der Waals surface area contributed by atoms with E-state index in [1.165, 1.54) is 10.8 Å². The Morgan fingerprint density at radius 1 is 1.10 bits per heavy atom. The molecule has 2 aromatic rings. The van der Waals surface area contributed by atoms with Gasteiger partial charge in [0.2, 0.25) is 0 Å². The number of benzene rings is 2. The lowest BCUT2D eigenvalue weighted by atomic mass is 10.0. The molecule has 3 rings (SSSR count). The molecule has 1 nitrogen and oxygen atoms in total. The molecule has 0 N–H and O–H groups in total. The number of rotatable bonds is 5. The second-order valence-electron chi connectivity index (χ2n) is 5.60. The number of halogens is 2. The third-order valence-electron chi connectivity index (χ3n) is 4.12. The second-order valence-corrected chi connectivity index (χ2v) is 5.60. The molecule has 0 saturated heterocycles. The molecule has 2 aromatic carbocycles. The fraction of sp³-hybridized carbons (Fsp3) is 0.412. The van der Waals surface area contributed by atoms with Gasteiger partial charge in [0.15, 0.2) is 0 Å². The summed E-state index contributed by atoms with van der Waals surface area (Å²) >= 11 is 0. The number of nitrogens with zero attached hydrogens (tertiary/aromatic N) is 1. The minimum absolute atomic E-state index is 0.0427. The molecular weight excluding hydrogens is 256 g/mol. The minimum atomic E-state index is -2.27. The maximum absolute atomic E-state index is 12.8. The highest BCUT2D eigenvalue weighted by atomic mass is 19.3. The van der Waals surface area contributed by atoms with Crippen molar-refractivity contribution < 1.29 is 8.78 Å². The molecule has 3 heteroatoms. The molecule has 20 heavy (non-hydrogen) atoms. The largest absolute Gasteiger partial charge is 0.288 e. The number of hydrogen-bond acceptors (Lipinski definition) is 1. The first-order valence-corrected chi connectivity index (χ1v) is 7.18. The quantitative estimate of drug-likeness (QED) is 0.769. The SMILES string of the molecule is CC(c1ccc2ccccc2c1)N(CC(F)F)C1CC1. The lowest BCUT2D eigenvalue weighted by Crippen LogP contribution is -2.33. The van der Waals surface area contributed by atoms with Crippen LogP contribution in [0.2, 0.25) is 0 Å². The summed E-state index contributed by atoms with van der Waals surface area (Å²) in [5.74, 6) is 0. The average molecular weight is 275 g/mol. The Morgan fingerprint density at radius 3 is 2.45 bits per heavy atom. The molecule has 0 spiro atoms. The van der Waals surface area contributed by atoms with Gasteiger partial charge < -0.3 is 0 Å². The van der Waals surface area contributed by atoms with Crippen LogP contribution in [0, 0.1) is 0 Å². The molecule has 0 aliphatic heterocycles. The Bertz CT molecular complexity index is 592. The first-order valence-electron chi connectivity index (χ1n) is 7.18. The van der Waals surface area contributed by atoms with E-state index in [0.717, 1.165) is 18.4 Å². The van der Waals surface area contributed by atoms with Gasteiger partial charge in [-0.3, -0.25) is 4.90 Å². The summed E-state index contributed by atoms with van der Waals surface area (Å²) in [6.45, 7) is 1.91. The van der Waals surface area contributed by atoms with Gasteiger partial charge >= 0.3 is 0 Å². The van der Waals surface area contributed by atoms with Crippen LogP contribution in [0.1, 0.15) is 31.4 Å². The van der Waals surface area contributed by atoms with Crippen LogP contribution in [-0.2, 0) is 0 Å². The van der Waals surface area contributed by atoms with E-state index in [0.29, 0.717) is 6.04 Å². The zero-order chi connectivity index (χ0) is 14.1. The third kappa shape index (κ3) is 2.83. The Morgan fingerprint density at radius 2 is 1.80 bits per heavy atom. The number of alkyl halides is 2. The van der Waals surface area contributed by atoms with E-state index in [4.69, 9.17) is 0 Å². The predicted octanol–water partition coefficient (Wildman–Crippen LogP) is 4.63. The molecule has 0 heterocycles. The van der Waals surface area contributed by atoms with Crippen molar-refractivity contribution in [3.63, 3.8) is 0 Å². The summed E-state index contributed by atoms with van der Waals surface area (Å²) < 4.78 is 25.5. The van der Waals surface area contributed by atoms with E-state index in [1.807, 2.05) is 24.0 Å². The molecule has 1 aliphatic rings. The zero-order valence-corrected chi connectivity index (χ0v) is 11.6. The van der Waals surface area contributed by atoms with Crippen molar-refractivity contribution in [2.75, 3.05) is 6.54 Å². The smallest absolute Gasteiger partial charge is 0.251 e. The Hall–Kier alpha value is -1.48. The third-order valence-corrected chi connectivity index (χ3v) is 4.12. The van der Waals surface area contributed by atoms with Crippen LogP contribution in [0.5, 0.6) is 0 Å². The fourth-order valence-electron chi connectivity index (χ4n) is 2.85. The van der Waals surface area contributed by atoms with E-state index < -0.39 is 6.43 Å². The van der Waals surface area contributed by atoms with Gasteiger partial charge in [-0.2, -0.15) is 0 Å². The van der Waals surface area contributed by atoms with Gasteiger partial charge in [0.25, 0.3) is 6.43 Å². The van der Waals surface area contributed by atoms with Crippen molar-refractivity contribution in [3.05, 3.63) is 48.0 Å². The van der Waals surface area contributed by atoms with Crippen molar-refractivity contribution in [1.82, 2.24) is 4.90 Å². The van der Waals surface area contributed by atoms with Gasteiger partial charge in [0.1, 0.15) is 0 Å². The zero-order valence-electron chi connectivity index (χ0n) is 11.6. The van der Waals surface area contributed by atoms with Crippen molar-refractivity contribution in [2.45, 2.75) is 38.3 Å². The van der Waals surface area contributed by atoms with Gasteiger partial charge in [-0.15, -0.1) is 0 Å². The van der Waals surface area contributed by atoms with Crippen molar-refractivity contribution >= 4 is 10.8 Å². The van der Waals surface area contributed by atoms with E-state index in [-0.39, 0.29) is 12.6 Å². The van der Waals surface area contributed by atoms with Crippen LogP contribution >= 0.6 is 0 Å². The average Bonchev–Trinajstić information content (AvgIpc) is 3.28. The van der Waals surface area contributed by atoms with Gasteiger partial charge in [0.05, 0.1) is 6.54 Å². The first-order chi connectivity index (χ1) is 9.65. The molecule has 1 saturated carbocycles. The van der Waals surface area contributed by atoms with Gasteiger partial charge in [-0.25, -0.2) is 8.78 Å². The van der Waals surface area contributed by atoms with Crippen LogP contribution in [0.3, 0.4) is 0 Å². The van der Waals surface area contributed by atoms with Crippen molar-refractivity contribution in [2.24, 2.45) is 0 Å². The maximum Gasteiger partial charge on any atom is 0.251 e. The predicted molar refractivity (Wildman–Crippen MR) is 78.1 cm³/mol. The standard InChI is InChI=1S/C17H19F2N/c1-12(20(11-17(18)19)16-8-9-16)14-7-6-13-4-2-3-5-15(13)10-14/h2-7,10,12,16-17H,8-9,11H2,1H3. The molecule has 106 valence electrons. The molecule has 1 unspecified atom stereocenters. The van der Waals surface area contributed by atoms with Gasteiger partial charge in [-0.05, 0) is 42.2 Å². The minimum Gasteiger partial charge on any atom is -0.288 e. The highest BCUT2D eigenvalue weighted by molar-refractivity contribution is 5.83. The van der Waals surface area contributed by atoms with E-state index in [2.05, 4.69) is 30.3 Å². The van der Waals surface area contributed by atoms with E-state index in [1.54, 1.807) is 0 Å². The van der Waals surface area contributed by atoms with Crippen molar-refractivity contribution in [3.8, 4) is 0 Å². The fourth-order valence-corrected chi connectivity index (χ4v) is 2.85. The topological polar surface area (TPSA) is 3.24 Å². The summed E-state index contributed by atoms with van der Waals surface area (Å²) in [6.07, 6.45) is -0.173. The lowest BCUT2D eigenvalue weighted by molar-refractivity contribution is 0.0643. The molecule has 0 aromatic heterocycles. The summed E-state index contributed by atoms with van der Waals surface area (Å²) in [5, 5.41) is 2.36. The molecule has 0 bridgehead atoms. The highest BCUT2D eigenvalue weighted by Gasteiger charge is 2.34. The summed E-state index contributed by atoms with van der Waals surface area (Å²) in [4.78, 5) is 1.95. The summed E-state index contributed by atoms with van der Waals surface area (Å²) in [6, 6.07) is 14.8. The Labute approximate surface area is 118 Å². The van der Waals surface area contributed by atoms with Crippen LogP contribution in [0.15, 0.2) is 42.5 Å². The monoisotopic (exact) mass is 275 g/mol. The second kappa shape index (κ2) is 5.49. The molecule has 0 radical (unpaired) electrons.